The van der Waals surface area contributed by atoms with Crippen molar-refractivity contribution in [3.8, 4) is 17.1 Å². The number of ether oxygens (including phenoxy) is 1. The number of amides is 1. The molecule has 0 radical (unpaired) electrons. The van der Waals surface area contributed by atoms with E-state index in [0.29, 0.717) is 24.7 Å². The SMILES string of the molecule is COc1cccc(F)c1C(=O)N1CCn2nc(-c3ccccc3)nc2[C@@H]1C(C)C.O=CO. The molecular weight excluding hydrogens is 415 g/mol. The zero-order chi connectivity index (χ0) is 23.3. The zero-order valence-electron chi connectivity index (χ0n) is 18.1. The van der Waals surface area contributed by atoms with Crippen molar-refractivity contribution in [1.82, 2.24) is 19.7 Å². The summed E-state index contributed by atoms with van der Waals surface area (Å²) in [5.41, 5.74) is 0.877. The van der Waals surface area contributed by atoms with Gasteiger partial charge in [-0.15, -0.1) is 0 Å². The molecule has 0 bridgehead atoms. The van der Waals surface area contributed by atoms with Gasteiger partial charge in [-0.25, -0.2) is 14.1 Å². The standard InChI is InChI=1S/C22H23FN4O2.CH2O2/c1-14(2)19-21-24-20(15-8-5-4-6-9-15)25-27(21)13-12-26(19)22(28)18-16(23)10-7-11-17(18)29-3;2-1-3/h4-11,14,19H,12-13H2,1-3H3;1H,(H,2,3)/t19-;/m0./s1. The number of hydrogen-bond donors (Lipinski definition) is 1. The van der Waals surface area contributed by atoms with Gasteiger partial charge in [0.2, 0.25) is 0 Å². The van der Waals surface area contributed by atoms with Gasteiger partial charge in [0.05, 0.1) is 19.7 Å². The summed E-state index contributed by atoms with van der Waals surface area (Å²) in [7, 11) is 1.43. The Bertz CT molecular complexity index is 1080. The molecule has 9 heteroatoms. The van der Waals surface area contributed by atoms with Gasteiger partial charge in [0.1, 0.15) is 17.1 Å². The van der Waals surface area contributed by atoms with Crippen LogP contribution in [0.4, 0.5) is 4.39 Å². The molecule has 0 saturated carbocycles. The summed E-state index contributed by atoms with van der Waals surface area (Å²) in [6.45, 7) is 4.72. The van der Waals surface area contributed by atoms with Crippen molar-refractivity contribution >= 4 is 12.4 Å². The summed E-state index contributed by atoms with van der Waals surface area (Å²) < 4.78 is 21.6. The van der Waals surface area contributed by atoms with Gasteiger partial charge in [-0.2, -0.15) is 5.10 Å². The lowest BCUT2D eigenvalue weighted by Gasteiger charge is -2.37. The second kappa shape index (κ2) is 10.0. The fourth-order valence-electron chi connectivity index (χ4n) is 3.84. The van der Waals surface area contributed by atoms with Crippen molar-refractivity contribution in [3.05, 3.63) is 65.7 Å². The molecule has 1 aliphatic rings. The fourth-order valence-corrected chi connectivity index (χ4v) is 3.84. The minimum Gasteiger partial charge on any atom is -0.496 e. The van der Waals surface area contributed by atoms with Gasteiger partial charge >= 0.3 is 0 Å². The summed E-state index contributed by atoms with van der Waals surface area (Å²) in [5.74, 6) is 0.666. The molecule has 0 spiro atoms. The van der Waals surface area contributed by atoms with Crippen LogP contribution in [0.1, 0.15) is 36.1 Å². The minimum absolute atomic E-state index is 0.0445. The summed E-state index contributed by atoms with van der Waals surface area (Å²) >= 11 is 0. The Kier molecular flexibility index (Phi) is 7.19. The number of rotatable bonds is 4. The molecule has 4 rings (SSSR count). The van der Waals surface area contributed by atoms with Gasteiger partial charge in [0, 0.05) is 12.1 Å². The first kappa shape index (κ1) is 22.9. The van der Waals surface area contributed by atoms with E-state index in [0.717, 1.165) is 5.56 Å². The Balaban J connectivity index is 0.000000913. The highest BCUT2D eigenvalue weighted by atomic mass is 19.1. The number of halogens is 1. The maximum Gasteiger partial charge on any atom is 0.290 e. The molecule has 8 nitrogen and oxygen atoms in total. The highest BCUT2D eigenvalue weighted by molar-refractivity contribution is 5.97. The number of aromatic nitrogens is 3. The fraction of sp³-hybridized carbons (Fsp3) is 0.304. The molecule has 2 aromatic carbocycles. The van der Waals surface area contributed by atoms with E-state index in [1.807, 2.05) is 48.9 Å². The van der Waals surface area contributed by atoms with Gasteiger partial charge in [-0.3, -0.25) is 9.59 Å². The molecule has 1 amide bonds. The van der Waals surface area contributed by atoms with Gasteiger partial charge in [0.15, 0.2) is 11.6 Å². The first-order valence-electron chi connectivity index (χ1n) is 10.1. The third-order valence-electron chi connectivity index (χ3n) is 5.19. The molecule has 1 aromatic heterocycles. The second-order valence-corrected chi connectivity index (χ2v) is 7.49. The van der Waals surface area contributed by atoms with Crippen LogP contribution in [0, 0.1) is 11.7 Å². The number of benzene rings is 2. The molecule has 1 N–H and O–H groups in total. The lowest BCUT2D eigenvalue weighted by atomic mass is 9.98. The largest absolute Gasteiger partial charge is 0.496 e. The van der Waals surface area contributed by atoms with Crippen molar-refractivity contribution in [2.45, 2.75) is 26.4 Å². The number of nitrogens with zero attached hydrogens (tertiary/aromatic N) is 4. The smallest absolute Gasteiger partial charge is 0.290 e. The summed E-state index contributed by atoms with van der Waals surface area (Å²) in [6, 6.07) is 13.8. The zero-order valence-corrected chi connectivity index (χ0v) is 18.1. The Morgan fingerprint density at radius 1 is 1.19 bits per heavy atom. The third-order valence-corrected chi connectivity index (χ3v) is 5.19. The second-order valence-electron chi connectivity index (χ2n) is 7.49. The summed E-state index contributed by atoms with van der Waals surface area (Å²) in [6.07, 6.45) is 0. The molecule has 0 fully saturated rings. The van der Waals surface area contributed by atoms with Gasteiger partial charge in [-0.1, -0.05) is 50.2 Å². The Morgan fingerprint density at radius 2 is 1.88 bits per heavy atom. The predicted molar refractivity (Wildman–Crippen MR) is 116 cm³/mol. The van der Waals surface area contributed by atoms with Crippen LogP contribution < -0.4 is 4.74 Å². The monoisotopic (exact) mass is 440 g/mol. The van der Waals surface area contributed by atoms with Crippen LogP contribution in [0.15, 0.2) is 48.5 Å². The average Bonchev–Trinajstić information content (AvgIpc) is 3.23. The van der Waals surface area contributed by atoms with Crippen LogP contribution in [-0.4, -0.2) is 50.8 Å². The average molecular weight is 440 g/mol. The Hall–Kier alpha value is -3.75. The molecule has 1 aliphatic heterocycles. The highest BCUT2D eigenvalue weighted by Gasteiger charge is 2.38. The number of carboxylic acid groups (broad SMARTS) is 1. The maximum absolute atomic E-state index is 14.5. The number of fused-ring (bicyclic) bond motifs is 1. The molecule has 0 unspecified atom stereocenters. The van der Waals surface area contributed by atoms with Crippen LogP contribution in [0.25, 0.3) is 11.4 Å². The van der Waals surface area contributed by atoms with E-state index in [1.165, 1.54) is 19.2 Å². The molecule has 168 valence electrons. The van der Waals surface area contributed by atoms with E-state index in [-0.39, 0.29) is 29.7 Å². The van der Waals surface area contributed by atoms with E-state index < -0.39 is 11.7 Å². The number of carbonyl (C=O) groups is 2. The Morgan fingerprint density at radius 3 is 2.50 bits per heavy atom. The van der Waals surface area contributed by atoms with E-state index >= 15 is 0 Å². The van der Waals surface area contributed by atoms with Gasteiger partial charge in [-0.05, 0) is 18.1 Å². The van der Waals surface area contributed by atoms with Crippen LogP contribution >= 0.6 is 0 Å². The first-order chi connectivity index (χ1) is 15.4. The first-order valence-corrected chi connectivity index (χ1v) is 10.1. The van der Waals surface area contributed by atoms with Crippen LogP contribution in [0.3, 0.4) is 0 Å². The lowest BCUT2D eigenvalue weighted by Crippen LogP contribution is -2.45. The summed E-state index contributed by atoms with van der Waals surface area (Å²) in [4.78, 5) is 28.1. The van der Waals surface area contributed by atoms with Crippen LogP contribution in [0.2, 0.25) is 0 Å². The van der Waals surface area contributed by atoms with Crippen LogP contribution in [0.5, 0.6) is 5.75 Å². The van der Waals surface area contributed by atoms with Crippen molar-refractivity contribution in [2.75, 3.05) is 13.7 Å². The Labute approximate surface area is 185 Å². The number of methoxy groups -OCH3 is 1. The van der Waals surface area contributed by atoms with E-state index in [9.17, 15) is 9.18 Å². The molecule has 0 aliphatic carbocycles. The summed E-state index contributed by atoms with van der Waals surface area (Å²) in [5, 5.41) is 11.5. The van der Waals surface area contributed by atoms with Crippen molar-refractivity contribution < 1.29 is 23.8 Å². The van der Waals surface area contributed by atoms with Crippen LogP contribution in [-0.2, 0) is 11.3 Å². The van der Waals surface area contributed by atoms with Gasteiger partial charge < -0.3 is 14.7 Å². The minimum atomic E-state index is -0.589. The normalized spacial score (nSPS) is 14.9. The number of carbonyl (C=O) groups excluding carboxylic acids is 1. The number of hydrogen-bond acceptors (Lipinski definition) is 5. The maximum atomic E-state index is 14.5. The quantitative estimate of drug-likeness (QED) is 0.622. The lowest BCUT2D eigenvalue weighted by molar-refractivity contribution is -0.122. The van der Waals surface area contributed by atoms with E-state index in [4.69, 9.17) is 19.6 Å². The molecular formula is C23H25FN4O4. The van der Waals surface area contributed by atoms with E-state index in [2.05, 4.69) is 5.10 Å². The molecule has 0 saturated heterocycles. The highest BCUT2D eigenvalue weighted by Crippen LogP contribution is 2.35. The topological polar surface area (TPSA) is 97.5 Å². The predicted octanol–water partition coefficient (Wildman–Crippen LogP) is 3.65. The molecule has 2 heterocycles. The van der Waals surface area contributed by atoms with E-state index in [1.54, 1.807) is 11.0 Å². The van der Waals surface area contributed by atoms with Gasteiger partial charge in [0.25, 0.3) is 12.4 Å². The third kappa shape index (κ3) is 4.46. The van der Waals surface area contributed by atoms with Crippen molar-refractivity contribution in [1.29, 1.82) is 0 Å². The molecule has 3 aromatic rings. The van der Waals surface area contributed by atoms with Crippen molar-refractivity contribution in [3.63, 3.8) is 0 Å². The van der Waals surface area contributed by atoms with Crippen molar-refractivity contribution in [2.24, 2.45) is 5.92 Å². The molecule has 1 atom stereocenters. The molecule has 32 heavy (non-hydrogen) atoms.